The van der Waals surface area contributed by atoms with Crippen LogP contribution in [0.5, 0.6) is 5.75 Å². The van der Waals surface area contributed by atoms with Crippen molar-refractivity contribution < 1.29 is 14.1 Å². The third-order valence-electron chi connectivity index (χ3n) is 2.80. The Morgan fingerprint density at radius 3 is 2.35 bits per heavy atom. The smallest absolute Gasteiger partial charge is 0.305 e. The molecule has 0 amide bonds. The summed E-state index contributed by atoms with van der Waals surface area (Å²) in [5, 5.41) is 10.5. The molecule has 0 N–H and O–H groups in total. The Labute approximate surface area is 116 Å². The summed E-state index contributed by atoms with van der Waals surface area (Å²) in [7, 11) is 0. The largest absolute Gasteiger partial charge is 0.489 e. The molecule has 2 aromatic carbocycles. The molecule has 4 nitrogen and oxygen atoms in total. The second-order valence-corrected chi connectivity index (χ2v) is 4.65. The molecule has 0 unspecified atom stereocenters. The Kier molecular flexibility index (Phi) is 3.98. The van der Waals surface area contributed by atoms with Crippen LogP contribution in [0.15, 0.2) is 36.4 Å². The van der Waals surface area contributed by atoms with Crippen LogP contribution in [-0.2, 0) is 6.61 Å². The van der Waals surface area contributed by atoms with Crippen LogP contribution in [0.25, 0.3) is 0 Å². The first-order chi connectivity index (χ1) is 9.45. The second kappa shape index (κ2) is 5.69. The lowest BCUT2D eigenvalue weighted by atomic mass is 10.1. The Morgan fingerprint density at radius 2 is 1.80 bits per heavy atom. The van der Waals surface area contributed by atoms with Gasteiger partial charge in [0, 0.05) is 12.1 Å². The summed E-state index contributed by atoms with van der Waals surface area (Å²) < 4.78 is 18.9. The minimum Gasteiger partial charge on any atom is -0.489 e. The number of rotatable bonds is 4. The van der Waals surface area contributed by atoms with Gasteiger partial charge in [-0.2, -0.15) is 4.39 Å². The molecular weight excluding hydrogens is 261 g/mol. The highest BCUT2D eigenvalue weighted by Crippen LogP contribution is 2.23. The van der Waals surface area contributed by atoms with Crippen molar-refractivity contribution in [2.24, 2.45) is 0 Å². The molecule has 0 heterocycles. The number of halogens is 1. The standard InChI is InChI=1S/C15H14FNO3/c1-10-5-11(2)7-12(6-10)9-20-13-3-4-15(17(18)19)14(16)8-13/h3-8H,9H2,1-2H3. The molecule has 0 spiro atoms. The number of benzene rings is 2. The molecule has 2 rings (SSSR count). The maximum absolute atomic E-state index is 13.4. The van der Waals surface area contributed by atoms with Crippen molar-refractivity contribution in [2.75, 3.05) is 0 Å². The van der Waals surface area contributed by atoms with Crippen molar-refractivity contribution in [1.29, 1.82) is 0 Å². The average Bonchev–Trinajstić information content (AvgIpc) is 2.35. The third-order valence-corrected chi connectivity index (χ3v) is 2.80. The quantitative estimate of drug-likeness (QED) is 0.627. The first-order valence-corrected chi connectivity index (χ1v) is 6.09. The first kappa shape index (κ1) is 14.0. The lowest BCUT2D eigenvalue weighted by molar-refractivity contribution is -0.387. The molecule has 0 fully saturated rings. The molecule has 0 atom stereocenters. The average molecular weight is 275 g/mol. The second-order valence-electron chi connectivity index (χ2n) is 4.65. The number of nitro benzene ring substituents is 1. The van der Waals surface area contributed by atoms with Crippen LogP contribution in [0.1, 0.15) is 16.7 Å². The molecule has 0 aromatic heterocycles. The lowest BCUT2D eigenvalue weighted by Gasteiger charge is -2.08. The van der Waals surface area contributed by atoms with Crippen molar-refractivity contribution in [3.63, 3.8) is 0 Å². The topological polar surface area (TPSA) is 52.4 Å². The van der Waals surface area contributed by atoms with Gasteiger partial charge in [0.2, 0.25) is 5.82 Å². The zero-order valence-electron chi connectivity index (χ0n) is 11.2. The first-order valence-electron chi connectivity index (χ1n) is 6.09. The van der Waals surface area contributed by atoms with Crippen molar-refractivity contribution in [1.82, 2.24) is 0 Å². The molecule has 2 aromatic rings. The summed E-state index contributed by atoms with van der Waals surface area (Å²) >= 11 is 0. The number of hydrogen-bond donors (Lipinski definition) is 0. The van der Waals surface area contributed by atoms with Crippen LogP contribution in [-0.4, -0.2) is 4.92 Å². The van der Waals surface area contributed by atoms with E-state index in [0.717, 1.165) is 28.8 Å². The molecule has 0 saturated heterocycles. The number of hydrogen-bond acceptors (Lipinski definition) is 3. The van der Waals surface area contributed by atoms with Crippen LogP contribution in [0.3, 0.4) is 0 Å². The van der Waals surface area contributed by atoms with Crippen LogP contribution in [0, 0.1) is 29.8 Å². The summed E-state index contributed by atoms with van der Waals surface area (Å²) in [6, 6.07) is 9.54. The fraction of sp³-hybridized carbons (Fsp3) is 0.200. The van der Waals surface area contributed by atoms with Crippen LogP contribution in [0.2, 0.25) is 0 Å². The Hall–Kier alpha value is -2.43. The fourth-order valence-electron chi connectivity index (χ4n) is 2.04. The summed E-state index contributed by atoms with van der Waals surface area (Å²) in [5.74, 6) is -0.625. The van der Waals surface area contributed by atoms with E-state index in [1.807, 2.05) is 26.0 Å². The van der Waals surface area contributed by atoms with Gasteiger partial charge in [-0.05, 0) is 25.5 Å². The summed E-state index contributed by atoms with van der Waals surface area (Å²) in [5.41, 5.74) is 2.67. The molecule has 0 aliphatic carbocycles. The zero-order chi connectivity index (χ0) is 14.7. The molecule has 0 bridgehead atoms. The van der Waals surface area contributed by atoms with E-state index in [2.05, 4.69) is 6.07 Å². The van der Waals surface area contributed by atoms with Gasteiger partial charge in [-0.1, -0.05) is 29.3 Å². The van der Waals surface area contributed by atoms with Crippen LogP contribution >= 0.6 is 0 Å². The summed E-state index contributed by atoms with van der Waals surface area (Å²) in [6.45, 7) is 4.27. The van der Waals surface area contributed by atoms with Crippen molar-refractivity contribution >= 4 is 5.69 Å². The van der Waals surface area contributed by atoms with Crippen molar-refractivity contribution in [3.05, 3.63) is 69.0 Å². The van der Waals surface area contributed by atoms with Gasteiger partial charge in [-0.3, -0.25) is 10.1 Å². The molecule has 5 heteroatoms. The molecular formula is C15H14FNO3. The van der Waals surface area contributed by atoms with Crippen molar-refractivity contribution in [2.45, 2.75) is 20.5 Å². The van der Waals surface area contributed by atoms with Gasteiger partial charge in [0.05, 0.1) is 4.92 Å². The van der Waals surface area contributed by atoms with Gasteiger partial charge in [0.25, 0.3) is 0 Å². The lowest BCUT2D eigenvalue weighted by Crippen LogP contribution is -1.98. The van der Waals surface area contributed by atoms with Gasteiger partial charge in [-0.25, -0.2) is 0 Å². The minimum absolute atomic E-state index is 0.271. The molecule has 20 heavy (non-hydrogen) atoms. The number of nitrogens with zero attached hydrogens (tertiary/aromatic N) is 1. The molecule has 0 radical (unpaired) electrons. The number of ether oxygens (including phenoxy) is 1. The van der Waals surface area contributed by atoms with Crippen molar-refractivity contribution in [3.8, 4) is 5.75 Å². The highest BCUT2D eigenvalue weighted by molar-refractivity contribution is 5.38. The molecule has 0 aliphatic rings. The van der Waals surface area contributed by atoms with E-state index in [-0.39, 0.29) is 5.75 Å². The van der Waals surface area contributed by atoms with E-state index in [9.17, 15) is 14.5 Å². The van der Waals surface area contributed by atoms with E-state index in [4.69, 9.17) is 4.74 Å². The summed E-state index contributed by atoms with van der Waals surface area (Å²) in [6.07, 6.45) is 0. The normalized spacial score (nSPS) is 10.3. The van der Waals surface area contributed by atoms with Crippen LogP contribution in [0.4, 0.5) is 10.1 Å². The van der Waals surface area contributed by atoms with Gasteiger partial charge >= 0.3 is 5.69 Å². The minimum atomic E-state index is -0.895. The van der Waals surface area contributed by atoms with Gasteiger partial charge < -0.3 is 4.74 Å². The highest BCUT2D eigenvalue weighted by Gasteiger charge is 2.14. The van der Waals surface area contributed by atoms with E-state index < -0.39 is 16.4 Å². The predicted octanol–water partition coefficient (Wildman–Crippen LogP) is 3.93. The maximum Gasteiger partial charge on any atom is 0.305 e. The third kappa shape index (κ3) is 3.32. The molecule has 0 aliphatic heterocycles. The fourth-order valence-corrected chi connectivity index (χ4v) is 2.04. The molecule has 0 saturated carbocycles. The SMILES string of the molecule is Cc1cc(C)cc(COc2ccc([N+](=O)[O-])c(F)c2)c1. The Bertz CT molecular complexity index is 635. The molecule has 104 valence electrons. The Morgan fingerprint density at radius 1 is 1.15 bits per heavy atom. The number of aryl methyl sites for hydroxylation is 2. The van der Waals surface area contributed by atoms with E-state index >= 15 is 0 Å². The highest BCUT2D eigenvalue weighted by atomic mass is 19.1. The monoisotopic (exact) mass is 275 g/mol. The summed E-state index contributed by atoms with van der Waals surface area (Å²) in [4.78, 5) is 9.75. The van der Waals surface area contributed by atoms with Crippen LogP contribution < -0.4 is 4.74 Å². The zero-order valence-corrected chi connectivity index (χ0v) is 11.2. The number of nitro groups is 1. The van der Waals surface area contributed by atoms with Gasteiger partial charge in [0.15, 0.2) is 0 Å². The predicted molar refractivity (Wildman–Crippen MR) is 73.3 cm³/mol. The maximum atomic E-state index is 13.4. The van der Waals surface area contributed by atoms with Gasteiger partial charge in [0.1, 0.15) is 12.4 Å². The van der Waals surface area contributed by atoms with E-state index in [1.54, 1.807) is 0 Å². The van der Waals surface area contributed by atoms with E-state index in [1.165, 1.54) is 6.07 Å². The Balaban J connectivity index is 2.11. The van der Waals surface area contributed by atoms with E-state index in [0.29, 0.717) is 6.61 Å². The van der Waals surface area contributed by atoms with Gasteiger partial charge in [-0.15, -0.1) is 0 Å².